The number of nitrogens with zero attached hydrogens (tertiary/aromatic N) is 2. The van der Waals surface area contributed by atoms with Crippen molar-refractivity contribution >= 4 is 0 Å². The van der Waals surface area contributed by atoms with Crippen LogP contribution in [0.3, 0.4) is 0 Å². The number of hydrogen-bond acceptors (Lipinski definition) is 6. The summed E-state index contributed by atoms with van der Waals surface area (Å²) in [4.78, 5) is 5.04. The maximum atomic E-state index is 5.98. The van der Waals surface area contributed by atoms with Crippen molar-refractivity contribution < 1.29 is 18.9 Å². The summed E-state index contributed by atoms with van der Waals surface area (Å²) >= 11 is 0. The monoisotopic (exact) mass is 348 g/mol. The molecule has 3 heterocycles. The molecule has 3 aliphatic rings. The Morgan fingerprint density at radius 2 is 2.00 bits per heavy atom. The molecular formula is C19H28N2O4. The second-order valence-electron chi connectivity index (χ2n) is 7.47. The van der Waals surface area contributed by atoms with Gasteiger partial charge in [-0.1, -0.05) is 6.07 Å². The van der Waals surface area contributed by atoms with Crippen LogP contribution < -0.4 is 9.47 Å². The van der Waals surface area contributed by atoms with E-state index in [2.05, 4.69) is 21.9 Å². The molecule has 1 aromatic rings. The molecule has 25 heavy (non-hydrogen) atoms. The zero-order chi connectivity index (χ0) is 17.1. The van der Waals surface area contributed by atoms with Crippen molar-refractivity contribution in [1.29, 1.82) is 0 Å². The van der Waals surface area contributed by atoms with E-state index in [9.17, 15) is 0 Å². The molecule has 138 valence electrons. The van der Waals surface area contributed by atoms with Gasteiger partial charge in [-0.15, -0.1) is 0 Å². The van der Waals surface area contributed by atoms with Crippen molar-refractivity contribution in [2.45, 2.75) is 13.0 Å². The smallest absolute Gasteiger partial charge is 0.231 e. The van der Waals surface area contributed by atoms with E-state index in [0.29, 0.717) is 6.79 Å². The summed E-state index contributed by atoms with van der Waals surface area (Å²) in [5, 5.41) is 0. The largest absolute Gasteiger partial charge is 0.454 e. The van der Waals surface area contributed by atoms with Crippen LogP contribution in [0.15, 0.2) is 18.2 Å². The maximum Gasteiger partial charge on any atom is 0.231 e. The van der Waals surface area contributed by atoms with E-state index < -0.39 is 0 Å². The molecule has 1 atom stereocenters. The van der Waals surface area contributed by atoms with Gasteiger partial charge in [-0.05, 0) is 30.7 Å². The summed E-state index contributed by atoms with van der Waals surface area (Å²) < 4.78 is 22.1. The maximum absolute atomic E-state index is 5.98. The van der Waals surface area contributed by atoms with Gasteiger partial charge in [0.25, 0.3) is 0 Å². The van der Waals surface area contributed by atoms with Crippen molar-refractivity contribution in [1.82, 2.24) is 9.80 Å². The quantitative estimate of drug-likeness (QED) is 0.805. The standard InChI is InChI=1S/C19H28N2O4/c1-22-8-6-20-5-4-19(12-20)13-21(7-9-23-14-19)11-16-2-3-17-18(10-16)25-15-24-17/h2-3,10H,4-9,11-15H2,1H3/t19-/m1/s1. The van der Waals surface area contributed by atoms with Gasteiger partial charge in [-0.2, -0.15) is 0 Å². The fourth-order valence-electron chi connectivity index (χ4n) is 4.20. The minimum atomic E-state index is 0.251. The molecule has 0 amide bonds. The Labute approximate surface area is 149 Å². The van der Waals surface area contributed by atoms with E-state index in [4.69, 9.17) is 18.9 Å². The molecular weight excluding hydrogens is 320 g/mol. The average Bonchev–Trinajstić information content (AvgIpc) is 3.18. The van der Waals surface area contributed by atoms with E-state index in [1.807, 2.05) is 6.07 Å². The molecule has 0 bridgehead atoms. The lowest BCUT2D eigenvalue weighted by Gasteiger charge is -2.32. The second-order valence-corrected chi connectivity index (χ2v) is 7.47. The summed E-state index contributed by atoms with van der Waals surface area (Å²) in [5.74, 6) is 1.72. The molecule has 0 saturated carbocycles. The summed E-state index contributed by atoms with van der Waals surface area (Å²) in [6.45, 7) is 9.07. The Bertz CT molecular complexity index is 597. The van der Waals surface area contributed by atoms with Crippen molar-refractivity contribution in [2.24, 2.45) is 5.41 Å². The van der Waals surface area contributed by atoms with Crippen molar-refractivity contribution in [2.75, 3.05) is 66.4 Å². The van der Waals surface area contributed by atoms with Crippen LogP contribution >= 0.6 is 0 Å². The lowest BCUT2D eigenvalue weighted by molar-refractivity contribution is 0.0682. The van der Waals surface area contributed by atoms with Gasteiger partial charge in [0.1, 0.15) is 0 Å². The summed E-state index contributed by atoms with van der Waals surface area (Å²) in [5.41, 5.74) is 1.52. The predicted octanol–water partition coefficient (Wildman–Crippen LogP) is 1.59. The Morgan fingerprint density at radius 1 is 1.12 bits per heavy atom. The van der Waals surface area contributed by atoms with Gasteiger partial charge in [0.05, 0.1) is 19.8 Å². The van der Waals surface area contributed by atoms with Crippen LogP contribution in [-0.2, 0) is 16.0 Å². The van der Waals surface area contributed by atoms with Crippen molar-refractivity contribution in [3.63, 3.8) is 0 Å². The topological polar surface area (TPSA) is 43.4 Å². The highest BCUT2D eigenvalue weighted by atomic mass is 16.7. The van der Waals surface area contributed by atoms with Crippen LogP contribution in [0.25, 0.3) is 0 Å². The van der Waals surface area contributed by atoms with Crippen LogP contribution in [0.1, 0.15) is 12.0 Å². The lowest BCUT2D eigenvalue weighted by atomic mass is 9.87. The van der Waals surface area contributed by atoms with Crippen LogP contribution in [0.4, 0.5) is 0 Å². The number of methoxy groups -OCH3 is 1. The summed E-state index contributed by atoms with van der Waals surface area (Å²) in [7, 11) is 1.77. The van der Waals surface area contributed by atoms with Gasteiger partial charge < -0.3 is 23.8 Å². The van der Waals surface area contributed by atoms with Crippen LogP contribution in [0.2, 0.25) is 0 Å². The zero-order valence-electron chi connectivity index (χ0n) is 15.0. The fourth-order valence-corrected chi connectivity index (χ4v) is 4.20. The number of fused-ring (bicyclic) bond motifs is 1. The highest BCUT2D eigenvalue weighted by Gasteiger charge is 2.40. The molecule has 0 aliphatic carbocycles. The molecule has 6 nitrogen and oxygen atoms in total. The molecule has 3 aliphatic heterocycles. The normalized spacial score (nSPS) is 27.1. The number of ether oxygens (including phenoxy) is 4. The molecule has 0 unspecified atom stereocenters. The van der Waals surface area contributed by atoms with Crippen LogP contribution in [0.5, 0.6) is 11.5 Å². The number of benzene rings is 1. The molecule has 6 heteroatoms. The molecule has 2 fully saturated rings. The van der Waals surface area contributed by atoms with E-state index in [1.54, 1.807) is 7.11 Å². The molecule has 1 spiro atoms. The van der Waals surface area contributed by atoms with Gasteiger partial charge >= 0.3 is 0 Å². The first kappa shape index (κ1) is 17.1. The third-order valence-electron chi connectivity index (χ3n) is 5.49. The second kappa shape index (κ2) is 7.50. The Kier molecular flexibility index (Phi) is 5.12. The van der Waals surface area contributed by atoms with Crippen LogP contribution in [-0.4, -0.2) is 76.2 Å². The molecule has 4 rings (SSSR count). The number of hydrogen-bond donors (Lipinski definition) is 0. The fraction of sp³-hybridized carbons (Fsp3) is 0.684. The first-order valence-electron chi connectivity index (χ1n) is 9.16. The Morgan fingerprint density at radius 3 is 2.92 bits per heavy atom. The van der Waals surface area contributed by atoms with E-state index in [0.717, 1.165) is 70.6 Å². The highest BCUT2D eigenvalue weighted by molar-refractivity contribution is 5.44. The molecule has 2 saturated heterocycles. The lowest BCUT2D eigenvalue weighted by Crippen LogP contribution is -2.40. The van der Waals surface area contributed by atoms with E-state index in [-0.39, 0.29) is 5.41 Å². The van der Waals surface area contributed by atoms with Crippen LogP contribution in [0, 0.1) is 5.41 Å². The SMILES string of the molecule is COCCN1CC[C@@]2(COCCN(Cc3ccc4c(c3)OCO4)C2)C1. The molecule has 1 aromatic carbocycles. The van der Waals surface area contributed by atoms with E-state index in [1.165, 1.54) is 12.0 Å². The first-order chi connectivity index (χ1) is 12.3. The van der Waals surface area contributed by atoms with Gasteiger partial charge in [0.15, 0.2) is 11.5 Å². The molecule has 0 aromatic heterocycles. The van der Waals surface area contributed by atoms with Crippen molar-refractivity contribution in [3.8, 4) is 11.5 Å². The van der Waals surface area contributed by atoms with Gasteiger partial charge in [-0.3, -0.25) is 4.90 Å². The molecule has 0 N–H and O–H groups in total. The summed E-state index contributed by atoms with van der Waals surface area (Å²) in [6, 6.07) is 6.27. The van der Waals surface area contributed by atoms with Crippen molar-refractivity contribution in [3.05, 3.63) is 23.8 Å². The van der Waals surface area contributed by atoms with Gasteiger partial charge in [0.2, 0.25) is 6.79 Å². The number of likely N-dealkylation sites (tertiary alicyclic amines) is 1. The first-order valence-corrected chi connectivity index (χ1v) is 9.16. The predicted molar refractivity (Wildman–Crippen MR) is 94.0 cm³/mol. The van der Waals surface area contributed by atoms with Gasteiger partial charge in [-0.25, -0.2) is 0 Å². The van der Waals surface area contributed by atoms with E-state index >= 15 is 0 Å². The molecule has 0 radical (unpaired) electrons. The Balaban J connectivity index is 1.40. The minimum Gasteiger partial charge on any atom is -0.454 e. The third kappa shape index (κ3) is 3.92. The number of rotatable bonds is 5. The third-order valence-corrected chi connectivity index (χ3v) is 5.49. The average molecular weight is 348 g/mol. The Hall–Kier alpha value is -1.34. The van der Waals surface area contributed by atoms with Gasteiger partial charge in [0, 0.05) is 45.2 Å². The summed E-state index contributed by atoms with van der Waals surface area (Å²) in [6.07, 6.45) is 1.20. The highest BCUT2D eigenvalue weighted by Crippen LogP contribution is 2.35. The minimum absolute atomic E-state index is 0.251. The zero-order valence-corrected chi connectivity index (χ0v) is 15.0.